The van der Waals surface area contributed by atoms with Crippen molar-refractivity contribution in [1.29, 1.82) is 0 Å². The van der Waals surface area contributed by atoms with Crippen molar-refractivity contribution in [2.45, 2.75) is 46.5 Å². The Bertz CT molecular complexity index is 352. The van der Waals surface area contributed by atoms with E-state index in [4.69, 9.17) is 4.74 Å². The van der Waals surface area contributed by atoms with Gasteiger partial charge in [-0.25, -0.2) is 0 Å². The summed E-state index contributed by atoms with van der Waals surface area (Å²) >= 11 is 1.92. The molecular weight excluding hydrogens is 254 g/mol. The summed E-state index contributed by atoms with van der Waals surface area (Å²) in [6.07, 6.45) is 1.03. The number of ether oxygens (including phenoxy) is 1. The highest BCUT2D eigenvalue weighted by atomic mass is 32.1. The second-order valence-corrected chi connectivity index (χ2v) is 7.64. The predicted octanol–water partition coefficient (Wildman–Crippen LogP) is 3.85. The van der Waals surface area contributed by atoms with Gasteiger partial charge in [0, 0.05) is 22.7 Å². The zero-order valence-corrected chi connectivity index (χ0v) is 13.9. The number of hydrogen-bond donors (Lipinski definition) is 1. The van der Waals surface area contributed by atoms with Crippen LogP contribution in [0.4, 0.5) is 0 Å². The molecule has 1 heterocycles. The van der Waals surface area contributed by atoms with Gasteiger partial charge in [0.05, 0.1) is 13.2 Å². The fourth-order valence-corrected chi connectivity index (χ4v) is 2.77. The van der Waals surface area contributed by atoms with E-state index in [0.29, 0.717) is 5.92 Å². The third-order valence-corrected chi connectivity index (χ3v) is 4.44. The second kappa shape index (κ2) is 8.03. The molecule has 0 amide bonds. The molecule has 0 saturated carbocycles. The molecule has 1 rings (SSSR count). The van der Waals surface area contributed by atoms with E-state index in [9.17, 15) is 0 Å². The van der Waals surface area contributed by atoms with E-state index in [2.05, 4.69) is 52.1 Å². The molecule has 0 unspecified atom stereocenters. The summed E-state index contributed by atoms with van der Waals surface area (Å²) in [5, 5.41) is 3.39. The van der Waals surface area contributed by atoms with Crippen LogP contribution < -0.4 is 5.32 Å². The molecule has 19 heavy (non-hydrogen) atoms. The van der Waals surface area contributed by atoms with Crippen molar-refractivity contribution in [3.8, 4) is 0 Å². The van der Waals surface area contributed by atoms with Crippen LogP contribution in [0.1, 0.15) is 44.4 Å². The summed E-state index contributed by atoms with van der Waals surface area (Å²) in [5.74, 6) is 0.710. The molecule has 0 atom stereocenters. The molecule has 0 aliphatic rings. The highest BCUT2D eigenvalue weighted by Crippen LogP contribution is 2.29. The Labute approximate surface area is 122 Å². The minimum Gasteiger partial charge on any atom is -0.380 e. The molecule has 0 bridgehead atoms. The first-order valence-electron chi connectivity index (χ1n) is 7.27. The fraction of sp³-hybridized carbons (Fsp3) is 0.750. The molecule has 0 fully saturated rings. The first-order chi connectivity index (χ1) is 8.89. The van der Waals surface area contributed by atoms with Gasteiger partial charge >= 0.3 is 0 Å². The first kappa shape index (κ1) is 16.7. The molecule has 2 nitrogen and oxygen atoms in total. The summed E-state index contributed by atoms with van der Waals surface area (Å²) < 4.78 is 5.66. The normalized spacial score (nSPS) is 12.3. The van der Waals surface area contributed by atoms with Crippen molar-refractivity contribution < 1.29 is 4.74 Å². The molecule has 0 radical (unpaired) electrons. The lowest BCUT2D eigenvalue weighted by molar-refractivity contribution is 0.139. The van der Waals surface area contributed by atoms with Gasteiger partial charge in [-0.05, 0) is 30.0 Å². The lowest BCUT2D eigenvalue weighted by Gasteiger charge is -2.15. The Balaban J connectivity index is 2.11. The van der Waals surface area contributed by atoms with E-state index in [1.54, 1.807) is 0 Å². The van der Waals surface area contributed by atoms with Crippen LogP contribution in [0, 0.1) is 5.92 Å². The average Bonchev–Trinajstić information content (AvgIpc) is 2.75. The molecule has 0 aliphatic carbocycles. The Hall–Kier alpha value is -0.380. The Morgan fingerprint density at radius 2 is 1.95 bits per heavy atom. The lowest BCUT2D eigenvalue weighted by Crippen LogP contribution is -2.24. The summed E-state index contributed by atoms with van der Waals surface area (Å²) in [4.78, 5) is 2.89. The molecule has 0 saturated heterocycles. The van der Waals surface area contributed by atoms with Crippen molar-refractivity contribution in [2.75, 3.05) is 26.3 Å². The van der Waals surface area contributed by atoms with Crippen LogP contribution in [-0.2, 0) is 16.6 Å². The van der Waals surface area contributed by atoms with Crippen LogP contribution >= 0.6 is 11.3 Å². The Morgan fingerprint density at radius 1 is 1.21 bits per heavy atom. The van der Waals surface area contributed by atoms with Crippen LogP contribution in [0.3, 0.4) is 0 Å². The molecule has 1 aromatic rings. The molecular formula is C16H29NOS. The van der Waals surface area contributed by atoms with Gasteiger partial charge in [0.2, 0.25) is 0 Å². The lowest BCUT2D eigenvalue weighted by atomic mass is 9.95. The third kappa shape index (κ3) is 7.09. The summed E-state index contributed by atoms with van der Waals surface area (Å²) in [6.45, 7) is 14.9. The molecule has 3 heteroatoms. The zero-order valence-electron chi connectivity index (χ0n) is 13.1. The maximum absolute atomic E-state index is 5.66. The number of nitrogens with one attached hydrogen (secondary N) is 1. The maximum Gasteiger partial charge on any atom is 0.0591 e. The van der Waals surface area contributed by atoms with E-state index >= 15 is 0 Å². The molecule has 110 valence electrons. The smallest absolute Gasteiger partial charge is 0.0591 e. The van der Waals surface area contributed by atoms with Gasteiger partial charge in [-0.2, -0.15) is 0 Å². The van der Waals surface area contributed by atoms with Gasteiger partial charge in [-0.1, -0.05) is 34.6 Å². The first-order valence-corrected chi connectivity index (χ1v) is 8.09. The van der Waals surface area contributed by atoms with Gasteiger partial charge in [-0.3, -0.25) is 0 Å². The summed E-state index contributed by atoms with van der Waals surface area (Å²) in [5.41, 5.74) is 0.268. The van der Waals surface area contributed by atoms with Crippen molar-refractivity contribution in [3.63, 3.8) is 0 Å². The maximum atomic E-state index is 5.66. The van der Waals surface area contributed by atoms with E-state index in [0.717, 1.165) is 32.7 Å². The summed E-state index contributed by atoms with van der Waals surface area (Å²) in [6, 6.07) is 4.50. The Kier molecular flexibility index (Phi) is 7.05. The van der Waals surface area contributed by atoms with Crippen LogP contribution in [0.5, 0.6) is 0 Å². The van der Waals surface area contributed by atoms with Crippen LogP contribution in [0.2, 0.25) is 0 Å². The van der Waals surface area contributed by atoms with E-state index in [1.807, 2.05) is 11.3 Å². The largest absolute Gasteiger partial charge is 0.380 e. The molecule has 1 aromatic heterocycles. The van der Waals surface area contributed by atoms with Gasteiger partial charge in [-0.15, -0.1) is 11.3 Å². The summed E-state index contributed by atoms with van der Waals surface area (Å²) in [7, 11) is 0. The van der Waals surface area contributed by atoms with Gasteiger partial charge in [0.25, 0.3) is 0 Å². The number of thiophene rings is 1. The fourth-order valence-electron chi connectivity index (χ4n) is 1.73. The second-order valence-electron chi connectivity index (χ2n) is 6.48. The van der Waals surface area contributed by atoms with Crippen molar-refractivity contribution in [2.24, 2.45) is 5.92 Å². The van der Waals surface area contributed by atoms with Gasteiger partial charge in [0.15, 0.2) is 0 Å². The zero-order chi connectivity index (χ0) is 14.3. The van der Waals surface area contributed by atoms with Gasteiger partial charge < -0.3 is 10.1 Å². The van der Waals surface area contributed by atoms with Crippen molar-refractivity contribution in [1.82, 2.24) is 5.32 Å². The monoisotopic (exact) mass is 283 g/mol. The Morgan fingerprint density at radius 3 is 2.53 bits per heavy atom. The van der Waals surface area contributed by atoms with Crippen LogP contribution in [0.15, 0.2) is 12.1 Å². The third-order valence-electron chi connectivity index (χ3n) is 2.87. The highest BCUT2D eigenvalue weighted by Gasteiger charge is 2.15. The minimum absolute atomic E-state index is 0.268. The van der Waals surface area contributed by atoms with E-state index in [-0.39, 0.29) is 5.41 Å². The van der Waals surface area contributed by atoms with Crippen molar-refractivity contribution in [3.05, 3.63) is 21.9 Å². The quantitative estimate of drug-likeness (QED) is 0.732. The van der Waals surface area contributed by atoms with Crippen LogP contribution in [0.25, 0.3) is 0 Å². The highest BCUT2D eigenvalue weighted by molar-refractivity contribution is 7.12. The van der Waals surface area contributed by atoms with Gasteiger partial charge in [0.1, 0.15) is 0 Å². The average molecular weight is 283 g/mol. The molecule has 0 spiro atoms. The standard InChI is InChI=1S/C16H29NOS/c1-13(2)12-17-9-11-18-10-8-14-6-7-15(19-14)16(3,4)5/h6-7,13,17H,8-12H2,1-5H3. The number of rotatable bonds is 8. The topological polar surface area (TPSA) is 21.3 Å². The van der Waals surface area contributed by atoms with Crippen LogP contribution in [-0.4, -0.2) is 26.3 Å². The minimum atomic E-state index is 0.268. The predicted molar refractivity (Wildman–Crippen MR) is 85.2 cm³/mol. The van der Waals surface area contributed by atoms with Crippen molar-refractivity contribution >= 4 is 11.3 Å². The molecule has 0 aliphatic heterocycles. The molecule has 0 aromatic carbocycles. The SMILES string of the molecule is CC(C)CNCCOCCc1ccc(C(C)(C)C)s1. The molecule has 1 N–H and O–H groups in total. The van der Waals surface area contributed by atoms with E-state index < -0.39 is 0 Å². The van der Waals surface area contributed by atoms with E-state index in [1.165, 1.54) is 9.75 Å². The number of hydrogen-bond acceptors (Lipinski definition) is 3.